The summed E-state index contributed by atoms with van der Waals surface area (Å²) in [4.78, 5) is 17.2. The highest BCUT2D eigenvalue weighted by molar-refractivity contribution is 6.07. The van der Waals surface area contributed by atoms with E-state index in [1.54, 1.807) is 39.8 Å². The third kappa shape index (κ3) is 3.43. The molecular weight excluding hydrogens is 385 g/mol. The van der Waals surface area contributed by atoms with Gasteiger partial charge < -0.3 is 10.6 Å². The molecule has 152 valence electrons. The molecule has 3 aromatic heterocycles. The number of fused-ring (bicyclic) bond motifs is 1. The summed E-state index contributed by atoms with van der Waals surface area (Å²) in [6.07, 6.45) is 6.80. The van der Waals surface area contributed by atoms with Crippen molar-refractivity contribution in [2.75, 3.05) is 18.4 Å². The van der Waals surface area contributed by atoms with Gasteiger partial charge in [-0.3, -0.25) is 4.79 Å². The zero-order valence-corrected chi connectivity index (χ0v) is 16.1. The second-order valence-electron chi connectivity index (χ2n) is 7.27. The van der Waals surface area contributed by atoms with Gasteiger partial charge in [0.05, 0.1) is 17.6 Å². The van der Waals surface area contributed by atoms with E-state index in [0.29, 0.717) is 28.6 Å². The molecule has 2 N–H and O–H groups in total. The van der Waals surface area contributed by atoms with Gasteiger partial charge in [-0.1, -0.05) is 0 Å². The van der Waals surface area contributed by atoms with Crippen molar-refractivity contribution in [2.45, 2.75) is 18.8 Å². The zero-order chi connectivity index (χ0) is 20.5. The number of amides is 1. The fourth-order valence-corrected chi connectivity index (χ4v) is 3.76. The molecule has 1 aliphatic heterocycles. The molecule has 0 bridgehead atoms. The highest BCUT2D eigenvalue weighted by atomic mass is 19.1. The maximum atomic E-state index is 13.4. The normalized spacial score (nSPS) is 14.8. The molecule has 5 rings (SSSR count). The second-order valence-corrected chi connectivity index (χ2v) is 7.27. The van der Waals surface area contributed by atoms with Gasteiger partial charge in [0.15, 0.2) is 5.65 Å². The van der Waals surface area contributed by atoms with E-state index in [1.165, 1.54) is 18.3 Å². The Bertz CT molecular complexity index is 1190. The summed E-state index contributed by atoms with van der Waals surface area (Å²) in [7, 11) is 0. The Morgan fingerprint density at radius 2 is 2.00 bits per heavy atom. The average Bonchev–Trinajstić information content (AvgIpc) is 3.39. The lowest BCUT2D eigenvalue weighted by atomic mass is 9.95. The standard InChI is InChI=1S/C21H20FN7O/c22-15-2-4-16(5-3-15)29-19(12-18(27-29)14-6-9-23-10-7-14)26-21(30)17-13-25-28-11-1-8-24-20(17)28/h1-5,8,11-14,23H,6-7,9-10H2,(H,26,30). The van der Waals surface area contributed by atoms with Crippen LogP contribution in [0.1, 0.15) is 34.8 Å². The first-order chi connectivity index (χ1) is 14.7. The van der Waals surface area contributed by atoms with Gasteiger partial charge in [0, 0.05) is 24.4 Å². The van der Waals surface area contributed by atoms with Gasteiger partial charge in [0.1, 0.15) is 17.2 Å². The molecule has 4 aromatic rings. The Balaban J connectivity index is 1.51. The van der Waals surface area contributed by atoms with E-state index >= 15 is 0 Å². The lowest BCUT2D eigenvalue weighted by Crippen LogP contribution is -2.26. The third-order valence-corrected chi connectivity index (χ3v) is 5.32. The van der Waals surface area contributed by atoms with Crippen molar-refractivity contribution in [3.05, 3.63) is 72.1 Å². The van der Waals surface area contributed by atoms with Crippen LogP contribution < -0.4 is 10.6 Å². The number of hydrogen-bond donors (Lipinski definition) is 2. The van der Waals surface area contributed by atoms with E-state index in [9.17, 15) is 9.18 Å². The van der Waals surface area contributed by atoms with Crippen LogP contribution in [0.25, 0.3) is 11.3 Å². The minimum Gasteiger partial charge on any atom is -0.317 e. The lowest BCUT2D eigenvalue weighted by molar-refractivity contribution is 0.102. The number of halogens is 1. The van der Waals surface area contributed by atoms with Crippen LogP contribution in [0.2, 0.25) is 0 Å². The van der Waals surface area contributed by atoms with Crippen LogP contribution in [0.15, 0.2) is 55.0 Å². The molecule has 0 aliphatic carbocycles. The predicted molar refractivity (Wildman–Crippen MR) is 109 cm³/mol. The molecule has 1 amide bonds. The number of piperidine rings is 1. The van der Waals surface area contributed by atoms with Crippen molar-refractivity contribution in [3.8, 4) is 5.69 Å². The fourth-order valence-electron chi connectivity index (χ4n) is 3.76. The number of hydrogen-bond acceptors (Lipinski definition) is 5. The molecule has 4 heterocycles. The molecule has 0 saturated carbocycles. The number of anilines is 1. The maximum absolute atomic E-state index is 13.4. The van der Waals surface area contributed by atoms with Crippen LogP contribution in [0.3, 0.4) is 0 Å². The smallest absolute Gasteiger partial charge is 0.262 e. The summed E-state index contributed by atoms with van der Waals surface area (Å²) in [6, 6.07) is 9.68. The highest BCUT2D eigenvalue weighted by Crippen LogP contribution is 2.28. The van der Waals surface area contributed by atoms with Crippen molar-refractivity contribution in [1.82, 2.24) is 29.7 Å². The van der Waals surface area contributed by atoms with Crippen molar-refractivity contribution < 1.29 is 9.18 Å². The minimum atomic E-state index is -0.330. The van der Waals surface area contributed by atoms with E-state index < -0.39 is 0 Å². The highest BCUT2D eigenvalue weighted by Gasteiger charge is 2.22. The van der Waals surface area contributed by atoms with Gasteiger partial charge in [-0.05, 0) is 56.3 Å². The molecule has 0 spiro atoms. The van der Waals surface area contributed by atoms with Crippen molar-refractivity contribution in [1.29, 1.82) is 0 Å². The van der Waals surface area contributed by atoms with Crippen molar-refractivity contribution in [3.63, 3.8) is 0 Å². The van der Waals surface area contributed by atoms with Gasteiger partial charge in [0.25, 0.3) is 5.91 Å². The van der Waals surface area contributed by atoms with E-state index in [-0.39, 0.29) is 11.7 Å². The summed E-state index contributed by atoms with van der Waals surface area (Å²) in [5.74, 6) is 0.175. The van der Waals surface area contributed by atoms with Crippen LogP contribution in [0, 0.1) is 5.82 Å². The molecule has 1 fully saturated rings. The summed E-state index contributed by atoms with van der Waals surface area (Å²) < 4.78 is 16.6. The van der Waals surface area contributed by atoms with Crippen LogP contribution >= 0.6 is 0 Å². The number of nitrogens with one attached hydrogen (secondary N) is 2. The summed E-state index contributed by atoms with van der Waals surface area (Å²) >= 11 is 0. The largest absolute Gasteiger partial charge is 0.317 e. The van der Waals surface area contributed by atoms with E-state index in [4.69, 9.17) is 5.10 Å². The van der Waals surface area contributed by atoms with Crippen molar-refractivity contribution in [2.24, 2.45) is 0 Å². The molecule has 30 heavy (non-hydrogen) atoms. The lowest BCUT2D eigenvalue weighted by Gasteiger charge is -2.20. The van der Waals surface area contributed by atoms with Crippen LogP contribution in [0.4, 0.5) is 10.2 Å². The van der Waals surface area contributed by atoms with Gasteiger partial charge in [0.2, 0.25) is 0 Å². The number of carbonyl (C=O) groups is 1. The molecule has 1 aromatic carbocycles. The van der Waals surface area contributed by atoms with Gasteiger partial charge in [-0.25, -0.2) is 18.6 Å². The molecule has 1 aliphatic rings. The molecule has 0 atom stereocenters. The summed E-state index contributed by atoms with van der Waals surface area (Å²) in [5.41, 5.74) is 2.42. The van der Waals surface area contributed by atoms with Gasteiger partial charge in [-0.2, -0.15) is 10.2 Å². The Morgan fingerprint density at radius 3 is 2.80 bits per heavy atom. The number of aromatic nitrogens is 5. The molecule has 9 heteroatoms. The summed E-state index contributed by atoms with van der Waals surface area (Å²) in [5, 5.41) is 15.2. The van der Waals surface area contributed by atoms with Crippen LogP contribution in [0.5, 0.6) is 0 Å². The number of nitrogens with zero attached hydrogens (tertiary/aromatic N) is 5. The minimum absolute atomic E-state index is 0.308. The molecular formula is C21H20FN7O. The zero-order valence-electron chi connectivity index (χ0n) is 16.1. The first-order valence-corrected chi connectivity index (χ1v) is 9.85. The third-order valence-electron chi connectivity index (χ3n) is 5.32. The first-order valence-electron chi connectivity index (χ1n) is 9.85. The number of benzene rings is 1. The quantitative estimate of drug-likeness (QED) is 0.545. The predicted octanol–water partition coefficient (Wildman–Crippen LogP) is 2.77. The Hall–Kier alpha value is -3.59. The Kier molecular flexibility index (Phi) is 4.72. The van der Waals surface area contributed by atoms with E-state index in [0.717, 1.165) is 31.6 Å². The molecule has 8 nitrogen and oxygen atoms in total. The van der Waals surface area contributed by atoms with Gasteiger partial charge >= 0.3 is 0 Å². The van der Waals surface area contributed by atoms with E-state index in [1.807, 2.05) is 6.07 Å². The average molecular weight is 405 g/mol. The summed E-state index contributed by atoms with van der Waals surface area (Å²) in [6.45, 7) is 1.87. The maximum Gasteiger partial charge on any atom is 0.262 e. The topological polar surface area (TPSA) is 89.1 Å². The first kappa shape index (κ1) is 18.4. The molecule has 0 unspecified atom stereocenters. The van der Waals surface area contributed by atoms with Crippen LogP contribution in [-0.4, -0.2) is 43.4 Å². The molecule has 0 radical (unpaired) electrons. The molecule has 1 saturated heterocycles. The van der Waals surface area contributed by atoms with Gasteiger partial charge in [-0.15, -0.1) is 0 Å². The number of rotatable bonds is 4. The number of carbonyl (C=O) groups excluding carboxylic acids is 1. The Labute approximate surface area is 171 Å². The van der Waals surface area contributed by atoms with E-state index in [2.05, 4.69) is 20.7 Å². The monoisotopic (exact) mass is 405 g/mol. The van der Waals surface area contributed by atoms with Crippen molar-refractivity contribution >= 4 is 17.4 Å². The SMILES string of the molecule is O=C(Nc1cc(C2CCNCC2)nn1-c1ccc(F)cc1)c1cnn2cccnc12. The van der Waals surface area contributed by atoms with Crippen LogP contribution in [-0.2, 0) is 0 Å². The second kappa shape index (κ2) is 7.68. The fraction of sp³-hybridized carbons (Fsp3) is 0.238. The Morgan fingerprint density at radius 1 is 1.20 bits per heavy atom.